The summed E-state index contributed by atoms with van der Waals surface area (Å²) >= 11 is 12.0. The van der Waals surface area contributed by atoms with Crippen molar-refractivity contribution in [2.24, 2.45) is 0 Å². The monoisotopic (exact) mass is 406 g/mol. The fourth-order valence-corrected chi connectivity index (χ4v) is 3.48. The van der Waals surface area contributed by atoms with Gasteiger partial charge in [0, 0.05) is 19.6 Å². The largest absolute Gasteiger partial charge is 0.379 e. The number of nitrogens with zero attached hydrogens (tertiary/aromatic N) is 1. The van der Waals surface area contributed by atoms with Crippen molar-refractivity contribution in [1.29, 1.82) is 0 Å². The summed E-state index contributed by atoms with van der Waals surface area (Å²) in [5.74, 6) is -0.0350. The van der Waals surface area contributed by atoms with Gasteiger partial charge in [-0.25, -0.2) is 0 Å². The van der Waals surface area contributed by atoms with Gasteiger partial charge in [-0.1, -0.05) is 59.1 Å². The molecule has 1 atom stereocenters. The molecule has 1 heterocycles. The van der Waals surface area contributed by atoms with E-state index in [0.717, 1.165) is 44.0 Å². The second-order valence-electron chi connectivity index (χ2n) is 6.87. The molecule has 144 valence electrons. The Labute approximate surface area is 170 Å². The van der Waals surface area contributed by atoms with Crippen LogP contribution in [0.1, 0.15) is 22.7 Å². The van der Waals surface area contributed by atoms with E-state index >= 15 is 0 Å². The normalized spacial score (nSPS) is 16.1. The molecule has 0 aromatic heterocycles. The molecule has 2 aromatic rings. The number of amides is 1. The maximum absolute atomic E-state index is 12.7. The standard InChI is InChI=1S/C21H24Cl2N2O2/c1-15-2-5-17(6-3-15)20(14-25-8-10-27-11-9-25)24-21(26)13-16-4-7-18(22)19(23)12-16/h2-7,12,20H,8-11,13-14H2,1H3,(H,24,26)/t20-/m0/s1. The van der Waals surface area contributed by atoms with Crippen LogP contribution in [0.3, 0.4) is 0 Å². The van der Waals surface area contributed by atoms with Gasteiger partial charge in [0.1, 0.15) is 0 Å². The molecule has 0 radical (unpaired) electrons. The molecule has 4 nitrogen and oxygen atoms in total. The predicted octanol–water partition coefficient (Wildman–Crippen LogP) is 4.03. The molecule has 27 heavy (non-hydrogen) atoms. The number of hydrogen-bond donors (Lipinski definition) is 1. The zero-order valence-electron chi connectivity index (χ0n) is 15.4. The summed E-state index contributed by atoms with van der Waals surface area (Å²) in [6.07, 6.45) is 0.266. The van der Waals surface area contributed by atoms with Crippen molar-refractivity contribution in [3.8, 4) is 0 Å². The average molecular weight is 407 g/mol. The van der Waals surface area contributed by atoms with Gasteiger partial charge < -0.3 is 10.1 Å². The van der Waals surface area contributed by atoms with Gasteiger partial charge in [-0.3, -0.25) is 9.69 Å². The molecule has 1 aliphatic heterocycles. The number of nitrogens with one attached hydrogen (secondary N) is 1. The molecule has 1 saturated heterocycles. The minimum absolute atomic E-state index is 0.0350. The summed E-state index contributed by atoms with van der Waals surface area (Å²) in [6, 6.07) is 13.5. The number of carbonyl (C=O) groups excluding carboxylic acids is 1. The van der Waals surface area contributed by atoms with Gasteiger partial charge in [0.15, 0.2) is 0 Å². The zero-order chi connectivity index (χ0) is 19.2. The fourth-order valence-electron chi connectivity index (χ4n) is 3.16. The predicted molar refractivity (Wildman–Crippen MR) is 109 cm³/mol. The van der Waals surface area contributed by atoms with Gasteiger partial charge in [0.2, 0.25) is 5.91 Å². The lowest BCUT2D eigenvalue weighted by Crippen LogP contribution is -2.43. The van der Waals surface area contributed by atoms with Crippen LogP contribution in [0.15, 0.2) is 42.5 Å². The fraction of sp³-hybridized carbons (Fsp3) is 0.381. The molecule has 0 bridgehead atoms. The van der Waals surface area contributed by atoms with E-state index in [1.165, 1.54) is 5.56 Å². The average Bonchev–Trinajstić information content (AvgIpc) is 2.66. The van der Waals surface area contributed by atoms with Crippen LogP contribution in [0.2, 0.25) is 10.0 Å². The van der Waals surface area contributed by atoms with Crippen molar-refractivity contribution < 1.29 is 9.53 Å². The Hall–Kier alpha value is -1.59. The number of aryl methyl sites for hydroxylation is 1. The topological polar surface area (TPSA) is 41.6 Å². The highest BCUT2D eigenvalue weighted by Crippen LogP contribution is 2.23. The van der Waals surface area contributed by atoms with E-state index in [0.29, 0.717) is 10.0 Å². The Morgan fingerprint density at radius 3 is 2.48 bits per heavy atom. The summed E-state index contributed by atoms with van der Waals surface area (Å²) in [5.41, 5.74) is 3.15. The molecule has 2 aromatic carbocycles. The van der Waals surface area contributed by atoms with Crippen molar-refractivity contribution in [2.45, 2.75) is 19.4 Å². The molecule has 3 rings (SSSR count). The maximum atomic E-state index is 12.7. The number of morpholine rings is 1. The van der Waals surface area contributed by atoms with Gasteiger partial charge in [-0.2, -0.15) is 0 Å². The summed E-state index contributed by atoms with van der Waals surface area (Å²) in [4.78, 5) is 15.0. The third kappa shape index (κ3) is 5.94. The highest BCUT2D eigenvalue weighted by molar-refractivity contribution is 6.42. The molecule has 1 aliphatic rings. The lowest BCUT2D eigenvalue weighted by Gasteiger charge is -2.31. The Morgan fingerprint density at radius 1 is 1.11 bits per heavy atom. The number of hydrogen-bond acceptors (Lipinski definition) is 3. The van der Waals surface area contributed by atoms with E-state index in [4.69, 9.17) is 27.9 Å². The molecule has 6 heteroatoms. The smallest absolute Gasteiger partial charge is 0.224 e. The van der Waals surface area contributed by atoms with E-state index < -0.39 is 0 Å². The van der Waals surface area contributed by atoms with E-state index in [1.807, 2.05) is 6.07 Å². The van der Waals surface area contributed by atoms with Crippen molar-refractivity contribution >= 4 is 29.1 Å². The van der Waals surface area contributed by atoms with Crippen molar-refractivity contribution in [2.75, 3.05) is 32.8 Å². The van der Waals surface area contributed by atoms with Crippen LogP contribution >= 0.6 is 23.2 Å². The Kier molecular flexibility index (Phi) is 7.13. The third-order valence-corrected chi connectivity index (χ3v) is 5.45. The molecule has 1 N–H and O–H groups in total. The zero-order valence-corrected chi connectivity index (χ0v) is 16.9. The first-order chi connectivity index (χ1) is 13.0. The van der Waals surface area contributed by atoms with Gasteiger partial charge in [0.05, 0.1) is 35.7 Å². The van der Waals surface area contributed by atoms with E-state index in [-0.39, 0.29) is 18.4 Å². The number of carbonyl (C=O) groups is 1. The summed E-state index contributed by atoms with van der Waals surface area (Å²) in [6.45, 7) is 6.05. The van der Waals surface area contributed by atoms with Crippen LogP contribution in [-0.4, -0.2) is 43.7 Å². The van der Waals surface area contributed by atoms with Crippen LogP contribution < -0.4 is 5.32 Å². The Morgan fingerprint density at radius 2 is 1.81 bits per heavy atom. The van der Waals surface area contributed by atoms with Crippen LogP contribution in [-0.2, 0) is 16.0 Å². The lowest BCUT2D eigenvalue weighted by molar-refractivity contribution is -0.121. The van der Waals surface area contributed by atoms with Crippen LogP contribution in [0, 0.1) is 6.92 Å². The van der Waals surface area contributed by atoms with Crippen molar-refractivity contribution in [3.63, 3.8) is 0 Å². The van der Waals surface area contributed by atoms with E-state index in [9.17, 15) is 4.79 Å². The quantitative estimate of drug-likeness (QED) is 0.786. The first-order valence-corrected chi connectivity index (χ1v) is 9.87. The first kappa shape index (κ1) is 20.2. The highest BCUT2D eigenvalue weighted by Gasteiger charge is 2.20. The molecule has 1 fully saturated rings. The molecule has 0 aliphatic carbocycles. The second-order valence-corrected chi connectivity index (χ2v) is 7.68. The highest BCUT2D eigenvalue weighted by atomic mass is 35.5. The molecular formula is C21H24Cl2N2O2. The van der Waals surface area contributed by atoms with Crippen LogP contribution in [0.4, 0.5) is 0 Å². The van der Waals surface area contributed by atoms with Crippen LogP contribution in [0.5, 0.6) is 0 Å². The number of ether oxygens (including phenoxy) is 1. The second kappa shape index (κ2) is 9.56. The van der Waals surface area contributed by atoms with Crippen molar-refractivity contribution in [1.82, 2.24) is 10.2 Å². The summed E-state index contributed by atoms with van der Waals surface area (Å²) < 4.78 is 5.43. The van der Waals surface area contributed by atoms with Gasteiger partial charge in [0.25, 0.3) is 0 Å². The maximum Gasteiger partial charge on any atom is 0.224 e. The molecular weight excluding hydrogens is 383 g/mol. The molecule has 0 unspecified atom stereocenters. The van der Waals surface area contributed by atoms with Gasteiger partial charge in [-0.05, 0) is 30.2 Å². The van der Waals surface area contributed by atoms with Gasteiger partial charge >= 0.3 is 0 Å². The van der Waals surface area contributed by atoms with E-state index in [2.05, 4.69) is 41.4 Å². The summed E-state index contributed by atoms with van der Waals surface area (Å²) in [5, 5.41) is 4.14. The summed E-state index contributed by atoms with van der Waals surface area (Å²) in [7, 11) is 0. The lowest BCUT2D eigenvalue weighted by atomic mass is 10.0. The first-order valence-electron chi connectivity index (χ1n) is 9.11. The van der Waals surface area contributed by atoms with E-state index in [1.54, 1.807) is 12.1 Å². The Bertz CT molecular complexity index is 774. The minimum atomic E-state index is -0.0704. The van der Waals surface area contributed by atoms with Crippen molar-refractivity contribution in [3.05, 3.63) is 69.2 Å². The third-order valence-electron chi connectivity index (χ3n) is 4.71. The molecule has 0 spiro atoms. The number of halogens is 2. The number of rotatable bonds is 6. The minimum Gasteiger partial charge on any atom is -0.379 e. The molecule has 1 amide bonds. The van der Waals surface area contributed by atoms with Crippen LogP contribution in [0.25, 0.3) is 0 Å². The Balaban J connectivity index is 1.70. The number of benzene rings is 2. The molecule has 0 saturated carbocycles. The van der Waals surface area contributed by atoms with Gasteiger partial charge in [-0.15, -0.1) is 0 Å². The SMILES string of the molecule is Cc1ccc([C@H](CN2CCOCC2)NC(=O)Cc2ccc(Cl)c(Cl)c2)cc1.